The first-order valence-electron chi connectivity index (χ1n) is 20.5. The molecule has 0 aliphatic rings. The molecular weight excluding hydrogens is 536 g/mol. The van der Waals surface area contributed by atoms with E-state index in [0.29, 0.717) is 18.9 Å². The van der Waals surface area contributed by atoms with E-state index >= 15 is 0 Å². The molecular formula is C42H82O2. The van der Waals surface area contributed by atoms with Crippen molar-refractivity contribution in [1.29, 1.82) is 0 Å². The Kier molecular flexibility index (Phi) is 37.7. The van der Waals surface area contributed by atoms with E-state index in [1.54, 1.807) is 0 Å². The number of ether oxygens (including phenoxy) is 1. The normalized spacial score (nSPS) is 12.3. The van der Waals surface area contributed by atoms with Gasteiger partial charge in [-0.05, 0) is 50.9 Å². The van der Waals surface area contributed by atoms with Crippen molar-refractivity contribution in [2.75, 3.05) is 6.61 Å². The molecule has 0 aromatic carbocycles. The van der Waals surface area contributed by atoms with E-state index in [2.05, 4.69) is 32.9 Å². The number of carbonyl (C=O) groups excluding carboxylic acids is 1. The number of hydrogen-bond donors (Lipinski definition) is 0. The molecule has 0 amide bonds. The maximum absolute atomic E-state index is 12.5. The highest BCUT2D eigenvalue weighted by Crippen LogP contribution is 2.21. The van der Waals surface area contributed by atoms with E-state index in [9.17, 15) is 4.79 Å². The first-order valence-corrected chi connectivity index (χ1v) is 20.5. The second-order valence-electron chi connectivity index (χ2n) is 14.1. The van der Waals surface area contributed by atoms with Crippen molar-refractivity contribution in [1.82, 2.24) is 0 Å². The van der Waals surface area contributed by atoms with Gasteiger partial charge in [-0.25, -0.2) is 0 Å². The van der Waals surface area contributed by atoms with Crippen molar-refractivity contribution in [2.45, 2.75) is 239 Å². The van der Waals surface area contributed by atoms with Gasteiger partial charge in [0.05, 0.1) is 6.61 Å². The molecule has 0 aliphatic carbocycles. The van der Waals surface area contributed by atoms with Crippen molar-refractivity contribution in [3.05, 3.63) is 12.2 Å². The molecule has 0 aromatic rings. The van der Waals surface area contributed by atoms with Gasteiger partial charge in [-0.15, -0.1) is 0 Å². The first kappa shape index (κ1) is 43.2. The molecule has 1 atom stereocenters. The van der Waals surface area contributed by atoms with E-state index < -0.39 is 0 Å². The molecule has 44 heavy (non-hydrogen) atoms. The third-order valence-corrected chi connectivity index (χ3v) is 9.55. The van der Waals surface area contributed by atoms with Gasteiger partial charge in [-0.1, -0.05) is 200 Å². The monoisotopic (exact) mass is 619 g/mol. The summed E-state index contributed by atoms with van der Waals surface area (Å²) in [4.78, 5) is 12.5. The standard InChI is InChI=1S/C42H82O2/c1-4-7-10-13-16-18-19-20-21-22-23-24-25-26-27-28-30-33-36-39-42(43)44-40-41(37-34-31-15-12-9-6-3)38-35-32-29-17-14-11-8-5-2/h20-21,41H,4-19,22-40H2,1-3H3. The first-order chi connectivity index (χ1) is 21.7. The minimum absolute atomic E-state index is 0.0508. The van der Waals surface area contributed by atoms with E-state index in [-0.39, 0.29) is 5.97 Å². The predicted molar refractivity (Wildman–Crippen MR) is 198 cm³/mol. The lowest BCUT2D eigenvalue weighted by Crippen LogP contribution is -2.14. The maximum atomic E-state index is 12.5. The second kappa shape index (κ2) is 38.4. The zero-order valence-corrected chi connectivity index (χ0v) is 30.8. The third-order valence-electron chi connectivity index (χ3n) is 9.55. The van der Waals surface area contributed by atoms with E-state index in [1.165, 1.54) is 205 Å². The molecule has 0 fully saturated rings. The van der Waals surface area contributed by atoms with E-state index in [0.717, 1.165) is 6.42 Å². The van der Waals surface area contributed by atoms with Gasteiger partial charge in [-0.2, -0.15) is 0 Å². The molecule has 0 saturated heterocycles. The fourth-order valence-electron chi connectivity index (χ4n) is 6.42. The van der Waals surface area contributed by atoms with E-state index in [4.69, 9.17) is 4.74 Å². The van der Waals surface area contributed by atoms with Crippen LogP contribution < -0.4 is 0 Å². The molecule has 0 rings (SSSR count). The van der Waals surface area contributed by atoms with Crippen LogP contribution in [0.5, 0.6) is 0 Å². The lowest BCUT2D eigenvalue weighted by molar-refractivity contribution is -0.145. The Morgan fingerprint density at radius 3 is 1.14 bits per heavy atom. The zero-order chi connectivity index (χ0) is 32.0. The summed E-state index contributed by atoms with van der Waals surface area (Å²) in [5.74, 6) is 0.626. The summed E-state index contributed by atoms with van der Waals surface area (Å²) in [6.07, 6.45) is 49.6. The van der Waals surface area contributed by atoms with Gasteiger partial charge in [0.25, 0.3) is 0 Å². The van der Waals surface area contributed by atoms with Crippen LogP contribution in [-0.2, 0) is 9.53 Å². The van der Waals surface area contributed by atoms with Crippen molar-refractivity contribution in [2.24, 2.45) is 5.92 Å². The topological polar surface area (TPSA) is 26.3 Å². The Balaban J connectivity index is 3.75. The number of allylic oxidation sites excluding steroid dienone is 2. The molecule has 0 heterocycles. The van der Waals surface area contributed by atoms with Crippen LogP contribution in [0.4, 0.5) is 0 Å². The van der Waals surface area contributed by atoms with Crippen molar-refractivity contribution in [3.8, 4) is 0 Å². The molecule has 0 aromatic heterocycles. The molecule has 0 aliphatic heterocycles. The Morgan fingerprint density at radius 1 is 0.432 bits per heavy atom. The van der Waals surface area contributed by atoms with Gasteiger partial charge in [0, 0.05) is 6.42 Å². The van der Waals surface area contributed by atoms with Gasteiger partial charge >= 0.3 is 5.97 Å². The van der Waals surface area contributed by atoms with Crippen LogP contribution in [-0.4, -0.2) is 12.6 Å². The number of rotatable bonds is 37. The minimum Gasteiger partial charge on any atom is -0.465 e. The molecule has 0 radical (unpaired) electrons. The zero-order valence-electron chi connectivity index (χ0n) is 30.8. The van der Waals surface area contributed by atoms with Crippen molar-refractivity contribution in [3.63, 3.8) is 0 Å². The van der Waals surface area contributed by atoms with Crippen LogP contribution in [0.25, 0.3) is 0 Å². The lowest BCUT2D eigenvalue weighted by atomic mass is 9.94. The Morgan fingerprint density at radius 2 is 0.750 bits per heavy atom. The fraction of sp³-hybridized carbons (Fsp3) is 0.929. The summed E-state index contributed by atoms with van der Waals surface area (Å²) in [6.45, 7) is 7.53. The summed E-state index contributed by atoms with van der Waals surface area (Å²) in [5, 5.41) is 0. The summed E-state index contributed by atoms with van der Waals surface area (Å²) in [5.41, 5.74) is 0. The smallest absolute Gasteiger partial charge is 0.305 e. The van der Waals surface area contributed by atoms with Crippen LogP contribution in [0.2, 0.25) is 0 Å². The number of hydrogen-bond acceptors (Lipinski definition) is 2. The van der Waals surface area contributed by atoms with Crippen LogP contribution >= 0.6 is 0 Å². The van der Waals surface area contributed by atoms with Crippen LogP contribution in [0.1, 0.15) is 239 Å². The predicted octanol–water partition coefficient (Wildman–Crippen LogP) is 15.0. The summed E-state index contributed by atoms with van der Waals surface area (Å²) in [6, 6.07) is 0. The molecule has 0 saturated carbocycles. The van der Waals surface area contributed by atoms with Gasteiger partial charge in [-0.3, -0.25) is 4.79 Å². The maximum Gasteiger partial charge on any atom is 0.305 e. The van der Waals surface area contributed by atoms with Gasteiger partial charge in [0.15, 0.2) is 0 Å². The van der Waals surface area contributed by atoms with Crippen LogP contribution in [0.3, 0.4) is 0 Å². The fourth-order valence-corrected chi connectivity index (χ4v) is 6.42. The Labute approximate surface area is 278 Å². The van der Waals surface area contributed by atoms with Crippen molar-refractivity contribution >= 4 is 5.97 Å². The number of unbranched alkanes of at least 4 members (excludes halogenated alkanes) is 27. The molecule has 1 unspecified atom stereocenters. The third kappa shape index (κ3) is 35.7. The van der Waals surface area contributed by atoms with Gasteiger partial charge in [0.2, 0.25) is 0 Å². The average molecular weight is 619 g/mol. The van der Waals surface area contributed by atoms with Crippen molar-refractivity contribution < 1.29 is 9.53 Å². The quantitative estimate of drug-likeness (QED) is 0.0393. The van der Waals surface area contributed by atoms with Gasteiger partial charge in [0.1, 0.15) is 0 Å². The average Bonchev–Trinajstić information content (AvgIpc) is 3.03. The second-order valence-corrected chi connectivity index (χ2v) is 14.1. The molecule has 0 spiro atoms. The molecule has 2 heteroatoms. The lowest BCUT2D eigenvalue weighted by Gasteiger charge is -2.17. The minimum atomic E-state index is 0.0508. The highest BCUT2D eigenvalue weighted by atomic mass is 16.5. The van der Waals surface area contributed by atoms with E-state index in [1.807, 2.05) is 0 Å². The highest BCUT2D eigenvalue weighted by molar-refractivity contribution is 5.69. The summed E-state index contributed by atoms with van der Waals surface area (Å²) in [7, 11) is 0. The summed E-state index contributed by atoms with van der Waals surface area (Å²) < 4.78 is 5.82. The Bertz CT molecular complexity index is 568. The van der Waals surface area contributed by atoms with Gasteiger partial charge < -0.3 is 4.74 Å². The largest absolute Gasteiger partial charge is 0.465 e. The molecule has 0 N–H and O–H groups in total. The number of esters is 1. The summed E-state index contributed by atoms with van der Waals surface area (Å²) >= 11 is 0. The SMILES string of the molecule is CCCCCCCCC=CCCCCCCCCCCCC(=O)OCC(CCCCCCCC)CCCCCCCCCC. The molecule has 0 bridgehead atoms. The Hall–Kier alpha value is -0.790. The highest BCUT2D eigenvalue weighted by Gasteiger charge is 2.12. The number of carbonyl (C=O) groups is 1. The molecule has 2 nitrogen and oxygen atoms in total. The molecule has 262 valence electrons. The van der Waals surface area contributed by atoms with Crippen LogP contribution in [0.15, 0.2) is 12.2 Å². The van der Waals surface area contributed by atoms with Crippen LogP contribution in [0, 0.1) is 5.92 Å².